The average Bonchev–Trinajstić information content (AvgIpc) is 2.84. The highest BCUT2D eigenvalue weighted by atomic mass is 19.1. The van der Waals surface area contributed by atoms with Gasteiger partial charge in [-0.2, -0.15) is 0 Å². The Morgan fingerprint density at radius 3 is 2.68 bits per heavy atom. The van der Waals surface area contributed by atoms with Gasteiger partial charge in [-0.3, -0.25) is 9.59 Å². The van der Waals surface area contributed by atoms with Crippen molar-refractivity contribution in [2.24, 2.45) is 11.8 Å². The number of nitrogens with one attached hydrogen (secondary N) is 1. The van der Waals surface area contributed by atoms with E-state index in [0.29, 0.717) is 24.8 Å². The minimum Gasteiger partial charge on any atom is -0.481 e. The molecule has 0 aliphatic heterocycles. The third-order valence-electron chi connectivity index (χ3n) is 3.62. The molecule has 4 nitrogen and oxygen atoms in total. The van der Waals surface area contributed by atoms with Gasteiger partial charge in [0.25, 0.3) is 0 Å². The van der Waals surface area contributed by atoms with Gasteiger partial charge >= 0.3 is 5.97 Å². The van der Waals surface area contributed by atoms with Gasteiger partial charge in [0.15, 0.2) is 0 Å². The molecule has 2 N–H and O–H groups in total. The first-order chi connectivity index (χ1) is 9.00. The summed E-state index contributed by atoms with van der Waals surface area (Å²) in [6.07, 6.45) is 1.76. The van der Waals surface area contributed by atoms with Gasteiger partial charge < -0.3 is 10.4 Å². The molecule has 102 valence electrons. The Kier molecular flexibility index (Phi) is 3.83. The fourth-order valence-corrected chi connectivity index (χ4v) is 2.54. The van der Waals surface area contributed by atoms with E-state index in [4.69, 9.17) is 5.11 Å². The third-order valence-corrected chi connectivity index (χ3v) is 3.62. The molecule has 1 aliphatic carbocycles. The lowest BCUT2D eigenvalue weighted by Gasteiger charge is -2.16. The third kappa shape index (κ3) is 2.75. The largest absolute Gasteiger partial charge is 0.481 e. The lowest BCUT2D eigenvalue weighted by atomic mass is 9.95. The topological polar surface area (TPSA) is 66.4 Å². The Labute approximate surface area is 110 Å². The molecule has 5 heteroatoms. The standard InChI is InChI=1S/C14H16FNO3/c1-8-4-2-7-11(12(8)15)16-13(17)9-5-3-6-10(9)14(18)19/h2,4,7,9-10H,3,5-6H2,1H3,(H,16,17)(H,18,19)/t9-,10+/m1/s1. The minimum atomic E-state index is -0.956. The van der Waals surface area contributed by atoms with Crippen molar-refractivity contribution in [3.05, 3.63) is 29.6 Å². The summed E-state index contributed by atoms with van der Waals surface area (Å²) in [5, 5.41) is 11.5. The number of aryl methyl sites for hydroxylation is 1. The Bertz CT molecular complexity index is 515. The molecule has 1 amide bonds. The van der Waals surface area contributed by atoms with Crippen LogP contribution in [0.5, 0.6) is 0 Å². The summed E-state index contributed by atoms with van der Waals surface area (Å²) >= 11 is 0. The molecule has 19 heavy (non-hydrogen) atoms. The second-order valence-electron chi connectivity index (χ2n) is 4.91. The number of rotatable bonds is 3. The summed E-state index contributed by atoms with van der Waals surface area (Å²) in [5.74, 6) is -3.07. The number of benzene rings is 1. The van der Waals surface area contributed by atoms with E-state index in [0.717, 1.165) is 0 Å². The first-order valence-electron chi connectivity index (χ1n) is 6.29. The fraction of sp³-hybridized carbons (Fsp3) is 0.429. The summed E-state index contributed by atoms with van der Waals surface area (Å²) in [7, 11) is 0. The quantitative estimate of drug-likeness (QED) is 0.882. The van der Waals surface area contributed by atoms with Crippen molar-refractivity contribution in [3.8, 4) is 0 Å². The summed E-state index contributed by atoms with van der Waals surface area (Å²) in [4.78, 5) is 23.1. The van der Waals surface area contributed by atoms with Crippen LogP contribution in [0.1, 0.15) is 24.8 Å². The number of carbonyl (C=O) groups excluding carboxylic acids is 1. The highest BCUT2D eigenvalue weighted by molar-refractivity contribution is 5.95. The predicted molar refractivity (Wildman–Crippen MR) is 68.2 cm³/mol. The lowest BCUT2D eigenvalue weighted by molar-refractivity contribution is -0.145. The van der Waals surface area contributed by atoms with E-state index in [1.54, 1.807) is 19.1 Å². The number of hydrogen-bond donors (Lipinski definition) is 2. The second kappa shape index (κ2) is 5.38. The van der Waals surface area contributed by atoms with Gasteiger partial charge in [0.05, 0.1) is 17.5 Å². The van der Waals surface area contributed by atoms with Crippen LogP contribution in [0.3, 0.4) is 0 Å². The van der Waals surface area contributed by atoms with Gasteiger partial charge in [-0.1, -0.05) is 18.6 Å². The van der Waals surface area contributed by atoms with Crippen molar-refractivity contribution in [1.82, 2.24) is 0 Å². The Morgan fingerprint density at radius 1 is 1.32 bits per heavy atom. The molecule has 0 aromatic heterocycles. The van der Waals surface area contributed by atoms with Crippen molar-refractivity contribution in [2.75, 3.05) is 5.32 Å². The molecule has 0 radical (unpaired) electrons. The molecule has 2 atom stereocenters. The molecule has 1 saturated carbocycles. The fourth-order valence-electron chi connectivity index (χ4n) is 2.54. The van der Waals surface area contributed by atoms with Crippen LogP contribution in [-0.4, -0.2) is 17.0 Å². The summed E-state index contributed by atoms with van der Waals surface area (Å²) < 4.78 is 13.8. The Morgan fingerprint density at radius 2 is 2.00 bits per heavy atom. The van der Waals surface area contributed by atoms with Crippen LogP contribution in [0.25, 0.3) is 0 Å². The van der Waals surface area contributed by atoms with Crippen LogP contribution < -0.4 is 5.32 Å². The number of halogens is 1. The second-order valence-corrected chi connectivity index (χ2v) is 4.91. The lowest BCUT2D eigenvalue weighted by Crippen LogP contribution is -2.30. The van der Waals surface area contributed by atoms with E-state index < -0.39 is 29.5 Å². The van der Waals surface area contributed by atoms with Crippen molar-refractivity contribution in [3.63, 3.8) is 0 Å². The zero-order valence-electron chi connectivity index (χ0n) is 10.6. The van der Waals surface area contributed by atoms with Crippen molar-refractivity contribution in [1.29, 1.82) is 0 Å². The normalized spacial score (nSPS) is 22.2. The summed E-state index contributed by atoms with van der Waals surface area (Å²) in [6.45, 7) is 1.61. The first-order valence-corrected chi connectivity index (χ1v) is 6.29. The minimum absolute atomic E-state index is 0.112. The Hall–Kier alpha value is -1.91. The number of aliphatic carboxylic acids is 1. The van der Waals surface area contributed by atoms with E-state index in [2.05, 4.69) is 5.32 Å². The summed E-state index contributed by atoms with van der Waals surface area (Å²) in [5.41, 5.74) is 0.556. The molecule has 1 aromatic rings. The van der Waals surface area contributed by atoms with Crippen molar-refractivity contribution >= 4 is 17.6 Å². The molecule has 1 fully saturated rings. The molecule has 2 rings (SSSR count). The maximum atomic E-state index is 13.8. The molecule has 0 heterocycles. The highest BCUT2D eigenvalue weighted by Gasteiger charge is 2.37. The van der Waals surface area contributed by atoms with Crippen molar-refractivity contribution in [2.45, 2.75) is 26.2 Å². The molecule has 1 aliphatic rings. The maximum absolute atomic E-state index is 13.8. The molecule has 0 unspecified atom stereocenters. The monoisotopic (exact) mass is 265 g/mol. The van der Waals surface area contributed by atoms with Gasteiger partial charge in [-0.15, -0.1) is 0 Å². The van der Waals surface area contributed by atoms with E-state index in [1.165, 1.54) is 6.07 Å². The highest BCUT2D eigenvalue weighted by Crippen LogP contribution is 2.33. The number of carboxylic acids is 1. The zero-order valence-corrected chi connectivity index (χ0v) is 10.6. The van der Waals surface area contributed by atoms with Crippen molar-refractivity contribution < 1.29 is 19.1 Å². The Balaban J connectivity index is 2.13. The average molecular weight is 265 g/mol. The van der Waals surface area contributed by atoms with Gasteiger partial charge in [0, 0.05) is 0 Å². The van der Waals surface area contributed by atoms with E-state index in [-0.39, 0.29) is 5.69 Å². The predicted octanol–water partition coefficient (Wildman–Crippen LogP) is 2.57. The maximum Gasteiger partial charge on any atom is 0.307 e. The molecule has 0 saturated heterocycles. The number of amides is 1. The van der Waals surface area contributed by atoms with Gasteiger partial charge in [-0.05, 0) is 31.4 Å². The van der Waals surface area contributed by atoms with E-state index in [1.807, 2.05) is 0 Å². The summed E-state index contributed by atoms with van der Waals surface area (Å²) in [6, 6.07) is 4.74. The number of hydrogen-bond acceptors (Lipinski definition) is 2. The van der Waals surface area contributed by atoms with Crippen LogP contribution in [0.4, 0.5) is 10.1 Å². The SMILES string of the molecule is Cc1cccc(NC(=O)[C@@H]2CCC[C@@H]2C(=O)O)c1F. The number of anilines is 1. The van der Waals surface area contributed by atoms with Gasteiger partial charge in [-0.25, -0.2) is 4.39 Å². The molecule has 1 aromatic carbocycles. The van der Waals surface area contributed by atoms with Crippen LogP contribution in [0, 0.1) is 24.6 Å². The zero-order chi connectivity index (χ0) is 14.0. The van der Waals surface area contributed by atoms with E-state index >= 15 is 0 Å². The van der Waals surface area contributed by atoms with Crippen LogP contribution in [-0.2, 0) is 9.59 Å². The molecular weight excluding hydrogens is 249 g/mol. The van der Waals surface area contributed by atoms with Crippen LogP contribution in [0.2, 0.25) is 0 Å². The van der Waals surface area contributed by atoms with E-state index in [9.17, 15) is 14.0 Å². The number of carbonyl (C=O) groups is 2. The number of carboxylic acid groups (broad SMARTS) is 1. The smallest absolute Gasteiger partial charge is 0.307 e. The van der Waals surface area contributed by atoms with Gasteiger partial charge in [0.2, 0.25) is 5.91 Å². The molecule has 0 bridgehead atoms. The molecular formula is C14H16FNO3. The van der Waals surface area contributed by atoms with Crippen LogP contribution in [0.15, 0.2) is 18.2 Å². The first kappa shape index (κ1) is 13.5. The van der Waals surface area contributed by atoms with Crippen LogP contribution >= 0.6 is 0 Å². The molecule has 0 spiro atoms. The van der Waals surface area contributed by atoms with Gasteiger partial charge in [0.1, 0.15) is 5.82 Å².